The zero-order valence-electron chi connectivity index (χ0n) is 15.6. The SMILES string of the molecule is CC(C)Oc1ccc2c(=O)c(-c3ccc4c(c3)OCCO4)c(C(F)(F)F)oc2c1. The fraction of sp³-hybridized carbons (Fsp3) is 0.286. The van der Waals surface area contributed by atoms with Crippen LogP contribution in [0.15, 0.2) is 45.6 Å². The Morgan fingerprint density at radius 2 is 1.72 bits per heavy atom. The molecule has 0 spiro atoms. The summed E-state index contributed by atoms with van der Waals surface area (Å²) in [6.07, 6.45) is -5.05. The first-order chi connectivity index (χ1) is 13.7. The minimum atomic E-state index is -4.87. The number of hydrogen-bond donors (Lipinski definition) is 0. The van der Waals surface area contributed by atoms with Crippen molar-refractivity contribution in [2.75, 3.05) is 13.2 Å². The first kappa shape index (κ1) is 19.2. The summed E-state index contributed by atoms with van der Waals surface area (Å²) in [6, 6.07) is 8.45. The summed E-state index contributed by atoms with van der Waals surface area (Å²) in [4.78, 5) is 13.0. The summed E-state index contributed by atoms with van der Waals surface area (Å²) < 4.78 is 62.8. The Hall–Kier alpha value is -3.16. The van der Waals surface area contributed by atoms with Crippen molar-refractivity contribution in [2.45, 2.75) is 26.1 Å². The average Bonchev–Trinajstić information content (AvgIpc) is 2.66. The van der Waals surface area contributed by atoms with Crippen molar-refractivity contribution in [2.24, 2.45) is 0 Å². The van der Waals surface area contributed by atoms with Crippen LogP contribution in [0.2, 0.25) is 0 Å². The molecule has 0 aliphatic carbocycles. The number of hydrogen-bond acceptors (Lipinski definition) is 5. The maximum absolute atomic E-state index is 13.8. The van der Waals surface area contributed by atoms with Gasteiger partial charge in [0.2, 0.25) is 11.2 Å². The summed E-state index contributed by atoms with van der Waals surface area (Å²) >= 11 is 0. The molecule has 3 aromatic rings. The summed E-state index contributed by atoms with van der Waals surface area (Å²) in [5.41, 5.74) is -1.51. The molecule has 0 amide bonds. The van der Waals surface area contributed by atoms with Gasteiger partial charge in [0.05, 0.1) is 17.1 Å². The van der Waals surface area contributed by atoms with Gasteiger partial charge in [-0.15, -0.1) is 0 Å². The monoisotopic (exact) mass is 406 g/mol. The molecule has 5 nitrogen and oxygen atoms in total. The van der Waals surface area contributed by atoms with Crippen molar-refractivity contribution in [3.05, 3.63) is 52.4 Å². The molecule has 29 heavy (non-hydrogen) atoms. The lowest BCUT2D eigenvalue weighted by molar-refractivity contribution is -0.152. The van der Waals surface area contributed by atoms with Crippen LogP contribution in [-0.2, 0) is 6.18 Å². The van der Waals surface area contributed by atoms with Crippen molar-refractivity contribution in [3.8, 4) is 28.4 Å². The average molecular weight is 406 g/mol. The molecule has 0 saturated heterocycles. The van der Waals surface area contributed by atoms with Gasteiger partial charge in [0, 0.05) is 6.07 Å². The molecule has 0 fully saturated rings. The number of rotatable bonds is 3. The second-order valence-corrected chi connectivity index (χ2v) is 6.82. The highest BCUT2D eigenvalue weighted by Gasteiger charge is 2.39. The molecule has 0 unspecified atom stereocenters. The van der Waals surface area contributed by atoms with E-state index >= 15 is 0 Å². The predicted octanol–water partition coefficient (Wildman–Crippen LogP) is 5.04. The lowest BCUT2D eigenvalue weighted by atomic mass is 10.0. The molecule has 0 radical (unpaired) electrons. The quantitative estimate of drug-likeness (QED) is 0.610. The van der Waals surface area contributed by atoms with E-state index in [1.807, 2.05) is 0 Å². The largest absolute Gasteiger partial charge is 0.491 e. The summed E-state index contributed by atoms with van der Waals surface area (Å²) in [7, 11) is 0. The van der Waals surface area contributed by atoms with Crippen molar-refractivity contribution < 1.29 is 31.8 Å². The van der Waals surface area contributed by atoms with Crippen LogP contribution in [0.4, 0.5) is 13.2 Å². The second kappa shape index (κ2) is 7.02. The van der Waals surface area contributed by atoms with Crippen molar-refractivity contribution in [3.63, 3.8) is 0 Å². The van der Waals surface area contributed by atoms with Gasteiger partial charge in [-0.3, -0.25) is 4.79 Å². The number of alkyl halides is 3. The minimum Gasteiger partial charge on any atom is -0.491 e. The Labute approximate surface area is 163 Å². The first-order valence-electron chi connectivity index (χ1n) is 8.99. The lowest BCUT2D eigenvalue weighted by Gasteiger charge is -2.19. The van der Waals surface area contributed by atoms with Crippen LogP contribution in [-0.4, -0.2) is 19.3 Å². The normalized spacial score (nSPS) is 13.7. The number of benzene rings is 2. The van der Waals surface area contributed by atoms with Gasteiger partial charge >= 0.3 is 6.18 Å². The Balaban J connectivity index is 1.95. The molecular weight excluding hydrogens is 389 g/mol. The van der Waals surface area contributed by atoms with E-state index in [2.05, 4.69) is 0 Å². The molecular formula is C21H17F3O5. The van der Waals surface area contributed by atoms with E-state index in [-0.39, 0.29) is 35.0 Å². The Kier molecular flexibility index (Phi) is 4.64. The standard InChI is InChI=1S/C21H17F3O5/c1-11(2)28-13-4-5-14-16(10-13)29-20(21(22,23)24)18(19(14)25)12-3-6-15-17(9-12)27-8-7-26-15/h3-6,9-11H,7-8H2,1-2H3. The molecule has 0 bridgehead atoms. The summed E-state index contributed by atoms with van der Waals surface area (Å²) in [5.74, 6) is -0.361. The van der Waals surface area contributed by atoms with Gasteiger partial charge in [0.1, 0.15) is 24.5 Å². The fourth-order valence-corrected chi connectivity index (χ4v) is 3.18. The van der Waals surface area contributed by atoms with Crippen LogP contribution in [0.25, 0.3) is 22.1 Å². The molecule has 0 N–H and O–H groups in total. The number of halogens is 3. The van der Waals surface area contributed by atoms with Gasteiger partial charge in [-0.1, -0.05) is 6.07 Å². The van der Waals surface area contributed by atoms with Gasteiger partial charge in [-0.05, 0) is 43.7 Å². The first-order valence-corrected chi connectivity index (χ1v) is 8.99. The predicted molar refractivity (Wildman–Crippen MR) is 99.7 cm³/mol. The molecule has 1 aliphatic heterocycles. The fourth-order valence-electron chi connectivity index (χ4n) is 3.18. The lowest BCUT2D eigenvalue weighted by Crippen LogP contribution is -2.17. The van der Waals surface area contributed by atoms with E-state index < -0.39 is 22.9 Å². The second-order valence-electron chi connectivity index (χ2n) is 6.82. The van der Waals surface area contributed by atoms with Gasteiger partial charge in [0.25, 0.3) is 0 Å². The van der Waals surface area contributed by atoms with Gasteiger partial charge in [0.15, 0.2) is 11.5 Å². The third kappa shape index (κ3) is 3.62. The molecule has 0 saturated carbocycles. The van der Waals surface area contributed by atoms with Crippen molar-refractivity contribution in [1.82, 2.24) is 0 Å². The van der Waals surface area contributed by atoms with Crippen LogP contribution < -0.4 is 19.6 Å². The Morgan fingerprint density at radius 1 is 1.00 bits per heavy atom. The third-order valence-electron chi connectivity index (χ3n) is 4.32. The topological polar surface area (TPSA) is 57.9 Å². The number of ether oxygens (including phenoxy) is 3. The zero-order chi connectivity index (χ0) is 20.8. The molecule has 1 aliphatic rings. The smallest absolute Gasteiger partial charge is 0.450 e. The molecule has 152 valence electrons. The van der Waals surface area contributed by atoms with E-state index in [0.717, 1.165) is 0 Å². The molecule has 2 heterocycles. The van der Waals surface area contributed by atoms with Crippen molar-refractivity contribution >= 4 is 11.0 Å². The third-order valence-corrected chi connectivity index (χ3v) is 4.32. The maximum Gasteiger partial charge on any atom is 0.450 e. The molecule has 0 atom stereocenters. The van der Waals surface area contributed by atoms with Gasteiger partial charge in [-0.25, -0.2) is 0 Å². The summed E-state index contributed by atoms with van der Waals surface area (Å²) in [5, 5.41) is 0.0268. The van der Waals surface area contributed by atoms with Crippen LogP contribution in [0.5, 0.6) is 17.2 Å². The van der Waals surface area contributed by atoms with E-state index in [9.17, 15) is 18.0 Å². The molecule has 4 rings (SSSR count). The van der Waals surface area contributed by atoms with Crippen LogP contribution >= 0.6 is 0 Å². The van der Waals surface area contributed by atoms with E-state index in [1.54, 1.807) is 13.8 Å². The zero-order valence-corrected chi connectivity index (χ0v) is 15.6. The van der Waals surface area contributed by atoms with E-state index in [4.69, 9.17) is 18.6 Å². The van der Waals surface area contributed by atoms with E-state index in [1.165, 1.54) is 36.4 Å². The highest BCUT2D eigenvalue weighted by atomic mass is 19.4. The maximum atomic E-state index is 13.8. The Bertz CT molecular complexity index is 1130. The Morgan fingerprint density at radius 3 is 2.41 bits per heavy atom. The van der Waals surface area contributed by atoms with Crippen LogP contribution in [0.3, 0.4) is 0 Å². The minimum absolute atomic E-state index is 0.0268. The molecule has 1 aromatic heterocycles. The highest BCUT2D eigenvalue weighted by molar-refractivity contribution is 5.84. The van der Waals surface area contributed by atoms with Crippen molar-refractivity contribution in [1.29, 1.82) is 0 Å². The number of fused-ring (bicyclic) bond motifs is 2. The van der Waals surface area contributed by atoms with Gasteiger partial charge < -0.3 is 18.6 Å². The van der Waals surface area contributed by atoms with Crippen LogP contribution in [0, 0.1) is 0 Å². The molecule has 2 aromatic carbocycles. The summed E-state index contributed by atoms with van der Waals surface area (Å²) in [6.45, 7) is 4.19. The van der Waals surface area contributed by atoms with E-state index in [0.29, 0.717) is 18.1 Å². The van der Waals surface area contributed by atoms with Gasteiger partial charge in [-0.2, -0.15) is 13.2 Å². The molecule has 8 heteroatoms. The van der Waals surface area contributed by atoms with Crippen LogP contribution in [0.1, 0.15) is 19.6 Å². The highest BCUT2D eigenvalue weighted by Crippen LogP contribution is 2.40.